The summed E-state index contributed by atoms with van der Waals surface area (Å²) in [6.45, 7) is 5.52. The average Bonchev–Trinajstić information content (AvgIpc) is 2.46. The first kappa shape index (κ1) is 17.1. The van der Waals surface area contributed by atoms with Crippen LogP contribution in [0.4, 0.5) is 10.1 Å². The van der Waals surface area contributed by atoms with Crippen molar-refractivity contribution >= 4 is 15.7 Å². The van der Waals surface area contributed by atoms with Gasteiger partial charge in [0.2, 0.25) is 10.0 Å². The summed E-state index contributed by atoms with van der Waals surface area (Å²) in [7, 11) is -3.79. The minimum Gasteiger partial charge on any atom is -0.464 e. The van der Waals surface area contributed by atoms with Gasteiger partial charge in [-0.15, -0.1) is 0 Å². The van der Waals surface area contributed by atoms with Gasteiger partial charge in [0, 0.05) is 5.56 Å². The zero-order chi connectivity index (χ0) is 17.0. The van der Waals surface area contributed by atoms with Crippen molar-refractivity contribution in [3.05, 3.63) is 47.0 Å². The number of aromatic nitrogens is 2. The van der Waals surface area contributed by atoms with Crippen LogP contribution in [0.15, 0.2) is 24.3 Å². The molecule has 23 heavy (non-hydrogen) atoms. The smallest absolute Gasteiger partial charge is 0.316 e. The Hall–Kier alpha value is -2.22. The fraction of sp³-hybridized carbons (Fsp3) is 0.333. The lowest BCUT2D eigenvalue weighted by atomic mass is 10.2. The number of ether oxygens (including phenoxy) is 1. The van der Waals surface area contributed by atoms with Crippen LogP contribution in [-0.2, 0) is 15.8 Å². The third-order valence-corrected chi connectivity index (χ3v) is 4.29. The summed E-state index contributed by atoms with van der Waals surface area (Å²) >= 11 is 0. The Morgan fingerprint density at radius 1 is 1.17 bits per heavy atom. The van der Waals surface area contributed by atoms with E-state index in [4.69, 9.17) is 4.74 Å². The predicted molar refractivity (Wildman–Crippen MR) is 85.3 cm³/mol. The lowest BCUT2D eigenvalue weighted by Crippen LogP contribution is -2.18. The molecule has 0 aliphatic heterocycles. The van der Waals surface area contributed by atoms with Crippen LogP contribution in [0.25, 0.3) is 0 Å². The number of aryl methyl sites for hydroxylation is 2. The molecular weight excluding hydrogens is 321 g/mol. The maximum absolute atomic E-state index is 13.6. The Balaban J connectivity index is 2.26. The van der Waals surface area contributed by atoms with E-state index in [0.717, 1.165) is 0 Å². The zero-order valence-electron chi connectivity index (χ0n) is 13.1. The van der Waals surface area contributed by atoms with Crippen molar-refractivity contribution in [3.63, 3.8) is 0 Å². The summed E-state index contributed by atoms with van der Waals surface area (Å²) in [5.41, 5.74) is 1.27. The normalized spacial score (nSPS) is 11.3. The molecule has 2 aromatic rings. The molecular formula is C15H18FN3O3S. The first-order chi connectivity index (χ1) is 10.8. The molecule has 2 rings (SSSR count). The standard InChI is InChI=1S/C15H18FN3O3S/c1-4-22-15-17-10(2)14(11(3)18-15)19-23(20,21)9-12-7-5-6-8-13(12)16/h5-8,19H,4,9H2,1-3H3. The number of nitrogens with zero attached hydrogens (tertiary/aromatic N) is 2. The largest absolute Gasteiger partial charge is 0.464 e. The number of halogens is 1. The van der Waals surface area contributed by atoms with E-state index in [1.165, 1.54) is 18.2 Å². The van der Waals surface area contributed by atoms with Crippen molar-refractivity contribution in [2.75, 3.05) is 11.3 Å². The van der Waals surface area contributed by atoms with Crippen molar-refractivity contribution in [1.29, 1.82) is 0 Å². The molecule has 0 amide bonds. The van der Waals surface area contributed by atoms with Crippen LogP contribution in [-0.4, -0.2) is 25.0 Å². The van der Waals surface area contributed by atoms with Crippen LogP contribution >= 0.6 is 0 Å². The molecule has 1 N–H and O–H groups in total. The maximum atomic E-state index is 13.6. The lowest BCUT2D eigenvalue weighted by Gasteiger charge is -2.13. The van der Waals surface area contributed by atoms with E-state index in [9.17, 15) is 12.8 Å². The molecule has 6 nitrogen and oxygen atoms in total. The summed E-state index contributed by atoms with van der Waals surface area (Å²) in [5.74, 6) is -1.03. The molecule has 0 fully saturated rings. The Bertz CT molecular complexity index is 786. The van der Waals surface area contributed by atoms with Crippen molar-refractivity contribution < 1.29 is 17.5 Å². The molecule has 0 saturated carbocycles. The third-order valence-electron chi connectivity index (χ3n) is 3.08. The molecule has 0 spiro atoms. The van der Waals surface area contributed by atoms with Gasteiger partial charge in [0.05, 0.1) is 29.4 Å². The van der Waals surface area contributed by atoms with E-state index in [0.29, 0.717) is 18.0 Å². The minimum atomic E-state index is -3.79. The number of anilines is 1. The molecule has 0 atom stereocenters. The second kappa shape index (κ2) is 6.91. The SMILES string of the molecule is CCOc1nc(C)c(NS(=O)(=O)Cc2ccccc2F)c(C)n1. The molecule has 1 aromatic carbocycles. The molecule has 0 bridgehead atoms. The quantitative estimate of drug-likeness (QED) is 0.875. The highest BCUT2D eigenvalue weighted by Crippen LogP contribution is 2.22. The van der Waals surface area contributed by atoms with E-state index in [-0.39, 0.29) is 17.3 Å². The molecule has 1 aromatic heterocycles. The van der Waals surface area contributed by atoms with Gasteiger partial charge in [0.1, 0.15) is 5.82 Å². The highest BCUT2D eigenvalue weighted by molar-refractivity contribution is 7.91. The Morgan fingerprint density at radius 2 is 1.78 bits per heavy atom. The van der Waals surface area contributed by atoms with Crippen LogP contribution in [0.3, 0.4) is 0 Å². The van der Waals surface area contributed by atoms with Crippen LogP contribution in [0.1, 0.15) is 23.9 Å². The van der Waals surface area contributed by atoms with Gasteiger partial charge in [-0.3, -0.25) is 4.72 Å². The van der Waals surface area contributed by atoms with Crippen LogP contribution < -0.4 is 9.46 Å². The highest BCUT2D eigenvalue weighted by Gasteiger charge is 2.18. The molecule has 0 radical (unpaired) electrons. The second-order valence-electron chi connectivity index (χ2n) is 4.94. The number of sulfonamides is 1. The highest BCUT2D eigenvalue weighted by atomic mass is 32.2. The Labute approximate surface area is 134 Å². The lowest BCUT2D eigenvalue weighted by molar-refractivity contribution is 0.311. The van der Waals surface area contributed by atoms with Crippen LogP contribution in [0, 0.1) is 19.7 Å². The molecule has 0 saturated heterocycles. The molecule has 1 heterocycles. The molecule has 0 aliphatic rings. The van der Waals surface area contributed by atoms with Gasteiger partial charge in [-0.05, 0) is 26.8 Å². The molecule has 124 valence electrons. The van der Waals surface area contributed by atoms with Gasteiger partial charge in [0.25, 0.3) is 0 Å². The fourth-order valence-electron chi connectivity index (χ4n) is 2.04. The number of benzene rings is 1. The van der Waals surface area contributed by atoms with Crippen molar-refractivity contribution in [2.45, 2.75) is 26.5 Å². The maximum Gasteiger partial charge on any atom is 0.316 e. The summed E-state index contributed by atoms with van der Waals surface area (Å²) in [6, 6.07) is 5.95. The van der Waals surface area contributed by atoms with Gasteiger partial charge in [0.15, 0.2) is 0 Å². The van der Waals surface area contributed by atoms with E-state index < -0.39 is 21.6 Å². The fourth-order valence-corrected chi connectivity index (χ4v) is 3.36. The molecule has 0 aliphatic carbocycles. The topological polar surface area (TPSA) is 81.2 Å². The first-order valence-electron chi connectivity index (χ1n) is 7.04. The van der Waals surface area contributed by atoms with E-state index >= 15 is 0 Å². The summed E-state index contributed by atoms with van der Waals surface area (Å²) in [5, 5.41) is 0. The van der Waals surface area contributed by atoms with Gasteiger partial charge in [-0.1, -0.05) is 18.2 Å². The van der Waals surface area contributed by atoms with Crippen molar-refractivity contribution in [2.24, 2.45) is 0 Å². The monoisotopic (exact) mass is 339 g/mol. The Morgan fingerprint density at radius 3 is 2.35 bits per heavy atom. The van der Waals surface area contributed by atoms with E-state index in [1.807, 2.05) is 0 Å². The predicted octanol–water partition coefficient (Wildman–Crippen LogP) is 2.57. The molecule has 0 unspecified atom stereocenters. The van der Waals surface area contributed by atoms with Crippen molar-refractivity contribution in [3.8, 4) is 6.01 Å². The number of rotatable bonds is 6. The Kier molecular flexibility index (Phi) is 5.15. The summed E-state index contributed by atoms with van der Waals surface area (Å²) in [4.78, 5) is 8.20. The van der Waals surface area contributed by atoms with Gasteiger partial charge < -0.3 is 4.74 Å². The van der Waals surface area contributed by atoms with Crippen molar-refractivity contribution in [1.82, 2.24) is 9.97 Å². The summed E-state index contributed by atoms with van der Waals surface area (Å²) in [6.07, 6.45) is 0. The van der Waals surface area contributed by atoms with Gasteiger partial charge in [-0.25, -0.2) is 12.8 Å². The van der Waals surface area contributed by atoms with Gasteiger partial charge in [-0.2, -0.15) is 9.97 Å². The zero-order valence-corrected chi connectivity index (χ0v) is 13.9. The third kappa shape index (κ3) is 4.38. The van der Waals surface area contributed by atoms with Crippen LogP contribution in [0.5, 0.6) is 6.01 Å². The molecule has 8 heteroatoms. The second-order valence-corrected chi connectivity index (χ2v) is 6.66. The minimum absolute atomic E-state index is 0.0992. The average molecular weight is 339 g/mol. The summed E-state index contributed by atoms with van der Waals surface area (Å²) < 4.78 is 45.8. The van der Waals surface area contributed by atoms with Gasteiger partial charge >= 0.3 is 6.01 Å². The number of nitrogens with one attached hydrogen (secondary N) is 1. The number of hydrogen-bond donors (Lipinski definition) is 1. The number of hydrogen-bond acceptors (Lipinski definition) is 5. The van der Waals surface area contributed by atoms with Crippen LogP contribution in [0.2, 0.25) is 0 Å². The van der Waals surface area contributed by atoms with E-state index in [1.54, 1.807) is 26.8 Å². The first-order valence-corrected chi connectivity index (χ1v) is 8.69. The van der Waals surface area contributed by atoms with E-state index in [2.05, 4.69) is 14.7 Å².